The molecule has 1 aromatic heterocycles. The number of hydrogen-bond acceptors (Lipinski definition) is 4. The molecule has 0 bridgehead atoms. The van der Waals surface area contributed by atoms with E-state index in [9.17, 15) is 9.59 Å². The van der Waals surface area contributed by atoms with Gasteiger partial charge in [-0.25, -0.2) is 4.79 Å². The van der Waals surface area contributed by atoms with Gasteiger partial charge in [0.05, 0.1) is 31.1 Å². The number of carbonyl (C=O) groups excluding carboxylic acids is 2. The van der Waals surface area contributed by atoms with E-state index >= 15 is 0 Å². The van der Waals surface area contributed by atoms with Gasteiger partial charge in [0.25, 0.3) is 0 Å². The highest BCUT2D eigenvalue weighted by Crippen LogP contribution is 2.25. The van der Waals surface area contributed by atoms with Gasteiger partial charge in [0.2, 0.25) is 5.91 Å². The Kier molecular flexibility index (Phi) is 7.48. The lowest BCUT2D eigenvalue weighted by molar-refractivity contribution is -0.115. The molecule has 7 nitrogen and oxygen atoms in total. The summed E-state index contributed by atoms with van der Waals surface area (Å²) in [5, 5.41) is 7.84. The number of anilines is 1. The van der Waals surface area contributed by atoms with Gasteiger partial charge in [-0.15, -0.1) is 0 Å². The van der Waals surface area contributed by atoms with Crippen LogP contribution in [-0.2, 0) is 9.53 Å². The minimum absolute atomic E-state index is 0.0960. The maximum atomic E-state index is 11.7. The minimum Gasteiger partial charge on any atom is -0.376 e. The van der Waals surface area contributed by atoms with Crippen LogP contribution in [0.5, 0.6) is 0 Å². The van der Waals surface area contributed by atoms with Gasteiger partial charge in [-0.1, -0.05) is 19.8 Å². The van der Waals surface area contributed by atoms with Gasteiger partial charge in [-0.2, -0.15) is 0 Å². The van der Waals surface area contributed by atoms with Crippen LogP contribution in [0.15, 0.2) is 24.5 Å². The van der Waals surface area contributed by atoms with Gasteiger partial charge < -0.3 is 20.7 Å². The molecule has 1 heterocycles. The number of carbonyl (C=O) groups is 2. The van der Waals surface area contributed by atoms with Crippen molar-refractivity contribution in [2.24, 2.45) is 5.92 Å². The summed E-state index contributed by atoms with van der Waals surface area (Å²) in [6.07, 6.45) is 8.28. The number of aromatic nitrogens is 1. The van der Waals surface area contributed by atoms with Crippen LogP contribution in [0.4, 0.5) is 10.5 Å². The molecule has 3 amide bonds. The fourth-order valence-corrected chi connectivity index (χ4v) is 2.77. The molecule has 0 saturated heterocycles. The second-order valence-corrected chi connectivity index (χ2v) is 6.07. The smallest absolute Gasteiger partial charge is 0.315 e. The summed E-state index contributed by atoms with van der Waals surface area (Å²) in [4.78, 5) is 27.2. The molecule has 2 atom stereocenters. The van der Waals surface area contributed by atoms with E-state index in [1.54, 1.807) is 24.5 Å². The first kappa shape index (κ1) is 18.2. The maximum absolute atomic E-state index is 11.7. The molecule has 0 aliphatic heterocycles. The molecule has 24 heavy (non-hydrogen) atoms. The number of ether oxygens (including phenoxy) is 1. The summed E-state index contributed by atoms with van der Waals surface area (Å²) in [6, 6.07) is 3.08. The lowest BCUT2D eigenvalue weighted by atomic mass is 9.88. The molecule has 132 valence electrons. The molecule has 0 unspecified atom stereocenters. The molecule has 1 aliphatic carbocycles. The van der Waals surface area contributed by atoms with Crippen molar-refractivity contribution in [3.8, 4) is 0 Å². The molecular weight excluding hydrogens is 308 g/mol. The third-order valence-electron chi connectivity index (χ3n) is 4.11. The fraction of sp³-hybridized carbons (Fsp3) is 0.588. The van der Waals surface area contributed by atoms with Crippen LogP contribution in [0.1, 0.15) is 32.6 Å². The summed E-state index contributed by atoms with van der Waals surface area (Å²) in [7, 11) is 0. The summed E-state index contributed by atoms with van der Waals surface area (Å²) in [6.45, 7) is 3.04. The average molecular weight is 334 g/mol. The molecular formula is C17H26N4O3. The predicted octanol–water partition coefficient (Wildman–Crippen LogP) is 1.91. The van der Waals surface area contributed by atoms with Gasteiger partial charge in [0, 0.05) is 12.7 Å². The Labute approximate surface area is 142 Å². The third-order valence-corrected chi connectivity index (χ3v) is 4.11. The second kappa shape index (κ2) is 9.87. The van der Waals surface area contributed by atoms with E-state index in [1.165, 1.54) is 19.3 Å². The SMILES string of the molecule is C[C@@H]1CCCC[C@@H]1OCCNC(=O)NCC(=O)Nc1cccnc1. The van der Waals surface area contributed by atoms with E-state index in [-0.39, 0.29) is 18.5 Å². The van der Waals surface area contributed by atoms with E-state index < -0.39 is 0 Å². The lowest BCUT2D eigenvalue weighted by Gasteiger charge is -2.28. The summed E-state index contributed by atoms with van der Waals surface area (Å²) in [5.41, 5.74) is 0.597. The highest BCUT2D eigenvalue weighted by atomic mass is 16.5. The number of pyridine rings is 1. The van der Waals surface area contributed by atoms with Crippen molar-refractivity contribution in [2.45, 2.75) is 38.7 Å². The quantitative estimate of drug-likeness (QED) is 0.664. The van der Waals surface area contributed by atoms with Crippen LogP contribution in [0.3, 0.4) is 0 Å². The topological polar surface area (TPSA) is 92.4 Å². The van der Waals surface area contributed by atoms with E-state index in [2.05, 4.69) is 27.9 Å². The Balaban J connectivity index is 1.54. The van der Waals surface area contributed by atoms with Crippen molar-refractivity contribution in [2.75, 3.05) is 25.0 Å². The molecule has 1 fully saturated rings. The van der Waals surface area contributed by atoms with Crippen LogP contribution in [0.25, 0.3) is 0 Å². The Morgan fingerprint density at radius 1 is 1.29 bits per heavy atom. The zero-order valence-electron chi connectivity index (χ0n) is 14.1. The largest absolute Gasteiger partial charge is 0.376 e. The van der Waals surface area contributed by atoms with Crippen LogP contribution >= 0.6 is 0 Å². The van der Waals surface area contributed by atoms with E-state index in [4.69, 9.17) is 4.74 Å². The Morgan fingerprint density at radius 2 is 2.12 bits per heavy atom. The Hall–Kier alpha value is -2.15. The lowest BCUT2D eigenvalue weighted by Crippen LogP contribution is -2.41. The highest BCUT2D eigenvalue weighted by molar-refractivity contribution is 5.94. The van der Waals surface area contributed by atoms with Crippen molar-refractivity contribution >= 4 is 17.6 Å². The van der Waals surface area contributed by atoms with E-state index in [0.717, 1.165) is 6.42 Å². The van der Waals surface area contributed by atoms with Crippen LogP contribution in [0.2, 0.25) is 0 Å². The Morgan fingerprint density at radius 3 is 2.88 bits per heavy atom. The van der Waals surface area contributed by atoms with Crippen molar-refractivity contribution < 1.29 is 14.3 Å². The molecule has 1 aliphatic rings. The van der Waals surface area contributed by atoms with Gasteiger partial charge in [0.1, 0.15) is 0 Å². The van der Waals surface area contributed by atoms with Gasteiger partial charge in [-0.3, -0.25) is 9.78 Å². The van der Waals surface area contributed by atoms with Crippen LogP contribution in [0, 0.1) is 5.92 Å². The van der Waals surface area contributed by atoms with E-state index in [1.807, 2.05) is 0 Å². The first-order valence-corrected chi connectivity index (χ1v) is 8.48. The molecule has 0 spiro atoms. The normalized spacial score (nSPS) is 20.2. The zero-order valence-corrected chi connectivity index (χ0v) is 14.1. The molecule has 0 radical (unpaired) electrons. The zero-order chi connectivity index (χ0) is 17.2. The van der Waals surface area contributed by atoms with Crippen LogP contribution in [-0.4, -0.2) is 42.7 Å². The number of nitrogens with one attached hydrogen (secondary N) is 3. The van der Waals surface area contributed by atoms with Crippen molar-refractivity contribution in [1.29, 1.82) is 0 Å². The molecule has 1 saturated carbocycles. The molecule has 7 heteroatoms. The predicted molar refractivity (Wildman–Crippen MR) is 91.6 cm³/mol. The van der Waals surface area contributed by atoms with Gasteiger partial charge >= 0.3 is 6.03 Å². The molecule has 0 aromatic carbocycles. The minimum atomic E-state index is -0.378. The van der Waals surface area contributed by atoms with Crippen molar-refractivity contribution in [3.05, 3.63) is 24.5 Å². The number of rotatable bonds is 7. The Bertz CT molecular complexity index is 524. The van der Waals surface area contributed by atoms with Crippen LogP contribution < -0.4 is 16.0 Å². The first-order valence-electron chi connectivity index (χ1n) is 8.48. The monoisotopic (exact) mass is 334 g/mol. The first-order chi connectivity index (χ1) is 11.6. The average Bonchev–Trinajstić information content (AvgIpc) is 2.59. The molecule has 1 aromatic rings. The number of nitrogens with zero attached hydrogens (tertiary/aromatic N) is 1. The maximum Gasteiger partial charge on any atom is 0.315 e. The summed E-state index contributed by atoms with van der Waals surface area (Å²) >= 11 is 0. The number of hydrogen-bond donors (Lipinski definition) is 3. The summed E-state index contributed by atoms with van der Waals surface area (Å²) in [5.74, 6) is 0.286. The van der Waals surface area contributed by atoms with Crippen molar-refractivity contribution in [3.63, 3.8) is 0 Å². The standard InChI is InChI=1S/C17H26N4O3/c1-13-5-2-3-7-15(13)24-10-9-19-17(23)20-12-16(22)21-14-6-4-8-18-11-14/h4,6,8,11,13,15H,2-3,5,7,9-10,12H2,1H3,(H,21,22)(H2,19,20,23)/t13-,15+/m1/s1. The molecule has 2 rings (SSSR count). The second-order valence-electron chi connectivity index (χ2n) is 6.07. The third kappa shape index (κ3) is 6.54. The number of urea groups is 1. The van der Waals surface area contributed by atoms with Crippen molar-refractivity contribution in [1.82, 2.24) is 15.6 Å². The highest BCUT2D eigenvalue weighted by Gasteiger charge is 2.21. The molecule has 3 N–H and O–H groups in total. The number of amides is 3. The van der Waals surface area contributed by atoms with Gasteiger partial charge in [-0.05, 0) is 30.9 Å². The summed E-state index contributed by atoms with van der Waals surface area (Å²) < 4.78 is 5.82. The fourth-order valence-electron chi connectivity index (χ4n) is 2.77. The van der Waals surface area contributed by atoms with E-state index in [0.29, 0.717) is 30.9 Å². The van der Waals surface area contributed by atoms with Gasteiger partial charge in [0.15, 0.2) is 0 Å².